The number of hydrogen-bond donors (Lipinski definition) is 2. The Morgan fingerprint density at radius 3 is 2.80 bits per heavy atom. The van der Waals surface area contributed by atoms with Gasteiger partial charge in [0.2, 0.25) is 15.9 Å². The number of primary sulfonamides is 1. The lowest BCUT2D eigenvalue weighted by Crippen LogP contribution is -2.20. The molecule has 0 aliphatic rings. The molecule has 3 N–H and O–H groups in total. The summed E-state index contributed by atoms with van der Waals surface area (Å²) in [6, 6.07) is 4.28. The Labute approximate surface area is 115 Å². The van der Waals surface area contributed by atoms with Crippen molar-refractivity contribution in [3.63, 3.8) is 0 Å². The normalized spacial score (nSPS) is 11.3. The fourth-order valence-corrected chi connectivity index (χ4v) is 2.10. The van der Waals surface area contributed by atoms with E-state index >= 15 is 0 Å². The van der Waals surface area contributed by atoms with E-state index in [2.05, 4.69) is 15.4 Å². The molecule has 2 aromatic rings. The summed E-state index contributed by atoms with van der Waals surface area (Å²) in [6.07, 6.45) is 2.73. The second-order valence-corrected chi connectivity index (χ2v) is 5.72. The molecule has 1 amide bonds. The topological polar surface area (TPSA) is 120 Å². The van der Waals surface area contributed by atoms with Crippen molar-refractivity contribution in [2.24, 2.45) is 5.14 Å². The zero-order chi connectivity index (χ0) is 14.8. The minimum atomic E-state index is -3.81. The number of rotatable bonds is 4. The molecule has 9 heteroatoms. The van der Waals surface area contributed by atoms with Crippen LogP contribution in [0.15, 0.2) is 35.7 Å². The second-order valence-electron chi connectivity index (χ2n) is 4.16. The monoisotopic (exact) mass is 295 g/mol. The zero-order valence-corrected chi connectivity index (χ0v) is 11.5. The molecule has 0 unspecified atom stereocenters. The number of nitrogens with zero attached hydrogens (tertiary/aromatic N) is 3. The van der Waals surface area contributed by atoms with E-state index in [1.54, 1.807) is 13.0 Å². The molecule has 1 aromatic carbocycles. The molecule has 0 spiro atoms. The van der Waals surface area contributed by atoms with Crippen LogP contribution < -0.4 is 10.5 Å². The summed E-state index contributed by atoms with van der Waals surface area (Å²) in [4.78, 5) is 15.5. The first-order valence-electron chi connectivity index (χ1n) is 5.62. The Morgan fingerprint density at radius 1 is 1.45 bits per heavy atom. The molecule has 0 saturated heterocycles. The summed E-state index contributed by atoms with van der Waals surface area (Å²) in [6.45, 7) is 1.73. The number of aromatic nitrogens is 3. The SMILES string of the molecule is Cc1ccc(S(N)(=O)=O)cc1NC(=O)Cn1cncn1. The van der Waals surface area contributed by atoms with Gasteiger partial charge < -0.3 is 5.32 Å². The van der Waals surface area contributed by atoms with Crippen LogP contribution in [-0.4, -0.2) is 29.1 Å². The summed E-state index contributed by atoms with van der Waals surface area (Å²) in [7, 11) is -3.81. The van der Waals surface area contributed by atoms with Crippen LogP contribution in [0.3, 0.4) is 0 Å². The van der Waals surface area contributed by atoms with E-state index in [9.17, 15) is 13.2 Å². The first kappa shape index (κ1) is 14.2. The van der Waals surface area contributed by atoms with Crippen LogP contribution in [0.1, 0.15) is 5.56 Å². The van der Waals surface area contributed by atoms with Crippen LogP contribution >= 0.6 is 0 Å². The van der Waals surface area contributed by atoms with Crippen LogP contribution in [-0.2, 0) is 21.4 Å². The minimum absolute atomic E-state index is 0.0148. The predicted molar refractivity (Wildman–Crippen MR) is 71.2 cm³/mol. The van der Waals surface area contributed by atoms with Crippen molar-refractivity contribution in [2.75, 3.05) is 5.32 Å². The summed E-state index contributed by atoms with van der Waals surface area (Å²) in [5, 5.41) is 11.5. The minimum Gasteiger partial charge on any atom is -0.324 e. The van der Waals surface area contributed by atoms with Gasteiger partial charge in [-0.15, -0.1) is 0 Å². The third-order valence-electron chi connectivity index (χ3n) is 2.58. The fourth-order valence-electron chi connectivity index (χ4n) is 1.56. The van der Waals surface area contributed by atoms with Crippen LogP contribution in [0.4, 0.5) is 5.69 Å². The Balaban J connectivity index is 2.18. The van der Waals surface area contributed by atoms with Crippen LogP contribution in [0.5, 0.6) is 0 Å². The summed E-state index contributed by atoms with van der Waals surface area (Å²) < 4.78 is 23.9. The van der Waals surface area contributed by atoms with E-state index in [0.717, 1.165) is 5.56 Å². The third-order valence-corrected chi connectivity index (χ3v) is 3.49. The van der Waals surface area contributed by atoms with Crippen molar-refractivity contribution in [1.29, 1.82) is 0 Å². The lowest BCUT2D eigenvalue weighted by molar-refractivity contribution is -0.116. The van der Waals surface area contributed by atoms with Crippen molar-refractivity contribution in [3.05, 3.63) is 36.4 Å². The average molecular weight is 295 g/mol. The molecule has 106 valence electrons. The molecule has 0 aliphatic carbocycles. The number of sulfonamides is 1. The van der Waals surface area contributed by atoms with Gasteiger partial charge in [-0.05, 0) is 24.6 Å². The maximum absolute atomic E-state index is 11.8. The maximum atomic E-state index is 11.8. The highest BCUT2D eigenvalue weighted by Gasteiger charge is 2.12. The molecule has 2 rings (SSSR count). The Kier molecular flexibility index (Phi) is 3.81. The molecular weight excluding hydrogens is 282 g/mol. The van der Waals surface area contributed by atoms with Crippen LogP contribution in [0.25, 0.3) is 0 Å². The van der Waals surface area contributed by atoms with Gasteiger partial charge >= 0.3 is 0 Å². The van der Waals surface area contributed by atoms with Crippen LogP contribution in [0, 0.1) is 6.92 Å². The van der Waals surface area contributed by atoms with Gasteiger partial charge in [0.25, 0.3) is 0 Å². The van der Waals surface area contributed by atoms with Crippen LogP contribution in [0.2, 0.25) is 0 Å². The molecule has 1 heterocycles. The fraction of sp³-hybridized carbons (Fsp3) is 0.182. The van der Waals surface area contributed by atoms with Crippen molar-refractivity contribution < 1.29 is 13.2 Å². The van der Waals surface area contributed by atoms with Crippen molar-refractivity contribution in [2.45, 2.75) is 18.4 Å². The van der Waals surface area contributed by atoms with Gasteiger partial charge in [-0.2, -0.15) is 5.10 Å². The third kappa shape index (κ3) is 3.39. The highest BCUT2D eigenvalue weighted by Crippen LogP contribution is 2.19. The van der Waals surface area contributed by atoms with E-state index in [-0.39, 0.29) is 17.3 Å². The van der Waals surface area contributed by atoms with Crippen molar-refractivity contribution in [3.8, 4) is 0 Å². The molecule has 8 nitrogen and oxygen atoms in total. The van der Waals surface area contributed by atoms with Gasteiger partial charge in [-0.3, -0.25) is 4.79 Å². The second kappa shape index (κ2) is 5.39. The van der Waals surface area contributed by atoms with E-state index in [1.807, 2.05) is 0 Å². The number of anilines is 1. The zero-order valence-electron chi connectivity index (χ0n) is 10.6. The molecular formula is C11H13N5O3S. The molecule has 0 aliphatic heterocycles. The predicted octanol–water partition coefficient (Wildman–Crippen LogP) is -0.127. The molecule has 0 radical (unpaired) electrons. The van der Waals surface area contributed by atoms with Gasteiger partial charge in [-0.1, -0.05) is 6.07 Å². The Hall–Kier alpha value is -2.26. The summed E-state index contributed by atoms with van der Waals surface area (Å²) in [5.41, 5.74) is 1.12. The van der Waals surface area contributed by atoms with Gasteiger partial charge in [0.15, 0.2) is 0 Å². The molecule has 0 saturated carbocycles. The molecule has 0 bridgehead atoms. The number of nitrogens with one attached hydrogen (secondary N) is 1. The van der Waals surface area contributed by atoms with E-state index in [0.29, 0.717) is 5.69 Å². The van der Waals surface area contributed by atoms with Gasteiger partial charge in [0, 0.05) is 5.69 Å². The van der Waals surface area contributed by atoms with Crippen molar-refractivity contribution in [1.82, 2.24) is 14.8 Å². The Bertz CT molecular complexity index is 725. The lowest BCUT2D eigenvalue weighted by Gasteiger charge is -2.09. The first-order chi connectivity index (χ1) is 9.36. The Morgan fingerprint density at radius 2 is 2.20 bits per heavy atom. The molecule has 0 fully saturated rings. The quantitative estimate of drug-likeness (QED) is 0.814. The van der Waals surface area contributed by atoms with Crippen molar-refractivity contribution >= 4 is 21.6 Å². The highest BCUT2D eigenvalue weighted by atomic mass is 32.2. The number of nitrogens with two attached hydrogens (primary N) is 1. The van der Waals surface area contributed by atoms with Gasteiger partial charge in [-0.25, -0.2) is 23.2 Å². The number of benzene rings is 1. The molecule has 0 atom stereocenters. The average Bonchev–Trinajstić information content (AvgIpc) is 2.83. The first-order valence-corrected chi connectivity index (χ1v) is 7.16. The number of amides is 1. The largest absolute Gasteiger partial charge is 0.324 e. The standard InChI is InChI=1S/C11H13N5O3S/c1-8-2-3-9(20(12,18)19)4-10(8)15-11(17)5-16-7-13-6-14-16/h2-4,6-7H,5H2,1H3,(H,15,17)(H2,12,18,19). The number of carbonyl (C=O) groups excluding carboxylic acids is 1. The number of carbonyl (C=O) groups is 1. The number of hydrogen-bond acceptors (Lipinski definition) is 5. The number of aryl methyl sites for hydroxylation is 1. The van der Waals surface area contributed by atoms with E-state index < -0.39 is 10.0 Å². The van der Waals surface area contributed by atoms with E-state index in [4.69, 9.17) is 5.14 Å². The summed E-state index contributed by atoms with van der Waals surface area (Å²) in [5.74, 6) is -0.342. The molecule has 20 heavy (non-hydrogen) atoms. The summed E-state index contributed by atoms with van der Waals surface area (Å²) >= 11 is 0. The highest BCUT2D eigenvalue weighted by molar-refractivity contribution is 7.89. The van der Waals surface area contributed by atoms with Gasteiger partial charge in [0.1, 0.15) is 19.2 Å². The molecule has 1 aromatic heterocycles. The van der Waals surface area contributed by atoms with E-state index in [1.165, 1.54) is 29.5 Å². The lowest BCUT2D eigenvalue weighted by atomic mass is 10.2. The maximum Gasteiger partial charge on any atom is 0.246 e. The smallest absolute Gasteiger partial charge is 0.246 e. The van der Waals surface area contributed by atoms with Gasteiger partial charge in [0.05, 0.1) is 4.90 Å².